The van der Waals surface area contributed by atoms with Gasteiger partial charge in [-0.25, -0.2) is 0 Å². The Morgan fingerprint density at radius 2 is 2.00 bits per heavy atom. The smallest absolute Gasteiger partial charge is 0.168 e. The van der Waals surface area contributed by atoms with Crippen molar-refractivity contribution in [3.8, 4) is 0 Å². The van der Waals surface area contributed by atoms with Crippen molar-refractivity contribution in [1.29, 1.82) is 0 Å². The summed E-state index contributed by atoms with van der Waals surface area (Å²) in [6.07, 6.45) is 4.63. The van der Waals surface area contributed by atoms with E-state index < -0.39 is 0 Å². The zero-order chi connectivity index (χ0) is 13.3. The van der Waals surface area contributed by atoms with Crippen LogP contribution in [-0.2, 0) is 14.2 Å². The molecule has 3 rings (SSSR count). The van der Waals surface area contributed by atoms with Gasteiger partial charge in [0.2, 0.25) is 0 Å². The number of hydrogen-bond acceptors (Lipinski definition) is 5. The molecule has 0 aromatic heterocycles. The standard InChI is InChI=1S/C14H25NO4/c1-11-9-17-12(8-16)6-15(11)7-13-10-18-14(19-13)4-2-3-5-14/h11-13,16H,2-10H2,1H3. The Morgan fingerprint density at radius 1 is 1.21 bits per heavy atom. The number of morpholine rings is 1. The maximum atomic E-state index is 9.22. The minimum Gasteiger partial charge on any atom is -0.394 e. The largest absolute Gasteiger partial charge is 0.394 e. The summed E-state index contributed by atoms with van der Waals surface area (Å²) in [4.78, 5) is 2.35. The Morgan fingerprint density at radius 3 is 2.74 bits per heavy atom. The molecule has 0 radical (unpaired) electrons. The summed E-state index contributed by atoms with van der Waals surface area (Å²) in [6.45, 7) is 5.30. The van der Waals surface area contributed by atoms with Crippen LogP contribution in [0.2, 0.25) is 0 Å². The zero-order valence-electron chi connectivity index (χ0n) is 11.7. The number of aliphatic hydroxyl groups excluding tert-OH is 1. The van der Waals surface area contributed by atoms with Crippen molar-refractivity contribution in [1.82, 2.24) is 4.90 Å². The minimum atomic E-state index is -0.267. The molecule has 1 saturated carbocycles. The zero-order valence-corrected chi connectivity index (χ0v) is 11.7. The molecular weight excluding hydrogens is 246 g/mol. The molecule has 0 bridgehead atoms. The maximum Gasteiger partial charge on any atom is 0.168 e. The summed E-state index contributed by atoms with van der Waals surface area (Å²) in [5, 5.41) is 9.22. The fourth-order valence-corrected chi connectivity index (χ4v) is 3.38. The molecule has 0 aromatic carbocycles. The maximum absolute atomic E-state index is 9.22. The molecular formula is C14H25NO4. The van der Waals surface area contributed by atoms with Gasteiger partial charge in [-0.2, -0.15) is 0 Å². The van der Waals surface area contributed by atoms with Gasteiger partial charge < -0.3 is 19.3 Å². The summed E-state index contributed by atoms with van der Waals surface area (Å²) in [5.74, 6) is -0.267. The second-order valence-electron chi connectivity index (χ2n) is 6.11. The van der Waals surface area contributed by atoms with E-state index in [1.807, 2.05) is 0 Å². The lowest BCUT2D eigenvalue weighted by atomic mass is 10.2. The van der Waals surface area contributed by atoms with Gasteiger partial charge in [0, 0.05) is 32.0 Å². The summed E-state index contributed by atoms with van der Waals surface area (Å²) in [7, 11) is 0. The summed E-state index contributed by atoms with van der Waals surface area (Å²) < 4.78 is 17.6. The lowest BCUT2D eigenvalue weighted by Crippen LogP contribution is -2.52. The Balaban J connectivity index is 1.53. The van der Waals surface area contributed by atoms with Crippen LogP contribution < -0.4 is 0 Å². The third kappa shape index (κ3) is 2.95. The van der Waals surface area contributed by atoms with Gasteiger partial charge in [-0.1, -0.05) is 0 Å². The highest BCUT2D eigenvalue weighted by Gasteiger charge is 2.44. The molecule has 0 aromatic rings. The van der Waals surface area contributed by atoms with Crippen molar-refractivity contribution in [2.45, 2.75) is 56.6 Å². The molecule has 3 atom stereocenters. The van der Waals surface area contributed by atoms with Crippen LogP contribution in [0.25, 0.3) is 0 Å². The van der Waals surface area contributed by atoms with Crippen molar-refractivity contribution < 1.29 is 19.3 Å². The molecule has 5 heteroatoms. The van der Waals surface area contributed by atoms with Crippen molar-refractivity contribution in [3.05, 3.63) is 0 Å². The van der Waals surface area contributed by atoms with Crippen molar-refractivity contribution in [3.63, 3.8) is 0 Å². The van der Waals surface area contributed by atoms with Crippen LogP contribution in [0.5, 0.6) is 0 Å². The third-order valence-corrected chi connectivity index (χ3v) is 4.56. The molecule has 3 unspecified atom stereocenters. The van der Waals surface area contributed by atoms with Crippen LogP contribution in [0.4, 0.5) is 0 Å². The Kier molecular flexibility index (Phi) is 4.10. The van der Waals surface area contributed by atoms with E-state index in [0.717, 1.165) is 25.9 Å². The highest BCUT2D eigenvalue weighted by Crippen LogP contribution is 2.39. The van der Waals surface area contributed by atoms with Crippen LogP contribution in [0.3, 0.4) is 0 Å². The van der Waals surface area contributed by atoms with Crippen LogP contribution in [0.15, 0.2) is 0 Å². The van der Waals surface area contributed by atoms with Crippen molar-refractivity contribution in [2.24, 2.45) is 0 Å². The second kappa shape index (κ2) is 5.66. The van der Waals surface area contributed by atoms with E-state index in [1.54, 1.807) is 0 Å². The first-order valence-electron chi connectivity index (χ1n) is 7.49. The topological polar surface area (TPSA) is 51.2 Å². The third-order valence-electron chi connectivity index (χ3n) is 4.56. The quantitative estimate of drug-likeness (QED) is 0.821. The number of hydrogen-bond donors (Lipinski definition) is 1. The molecule has 1 spiro atoms. The van der Waals surface area contributed by atoms with Gasteiger partial charge in [0.15, 0.2) is 5.79 Å². The van der Waals surface area contributed by atoms with Crippen LogP contribution >= 0.6 is 0 Å². The number of nitrogens with zero attached hydrogens (tertiary/aromatic N) is 1. The van der Waals surface area contributed by atoms with Gasteiger partial charge in [0.25, 0.3) is 0 Å². The van der Waals surface area contributed by atoms with Gasteiger partial charge in [0.1, 0.15) is 0 Å². The Labute approximate surface area is 114 Å². The molecule has 3 aliphatic rings. The van der Waals surface area contributed by atoms with E-state index in [0.29, 0.717) is 19.3 Å². The fourth-order valence-electron chi connectivity index (χ4n) is 3.38. The molecule has 0 amide bonds. The number of rotatable bonds is 3. The average molecular weight is 271 g/mol. The first kappa shape index (κ1) is 13.8. The normalized spacial score (nSPS) is 39.2. The first-order chi connectivity index (χ1) is 9.21. The Hall–Kier alpha value is -0.200. The summed E-state index contributed by atoms with van der Waals surface area (Å²) in [5.41, 5.74) is 0. The number of ether oxygens (including phenoxy) is 3. The highest BCUT2D eigenvalue weighted by atomic mass is 16.7. The Bertz CT molecular complexity index is 306. The molecule has 2 heterocycles. The van der Waals surface area contributed by atoms with E-state index in [-0.39, 0.29) is 24.6 Å². The second-order valence-corrected chi connectivity index (χ2v) is 6.11. The predicted molar refractivity (Wildman–Crippen MR) is 69.9 cm³/mol. The molecule has 5 nitrogen and oxygen atoms in total. The van der Waals surface area contributed by atoms with E-state index in [2.05, 4.69) is 11.8 Å². The van der Waals surface area contributed by atoms with E-state index in [1.165, 1.54) is 12.8 Å². The van der Waals surface area contributed by atoms with E-state index in [9.17, 15) is 5.11 Å². The molecule has 2 saturated heterocycles. The van der Waals surface area contributed by atoms with E-state index >= 15 is 0 Å². The van der Waals surface area contributed by atoms with Gasteiger partial charge in [-0.15, -0.1) is 0 Å². The van der Waals surface area contributed by atoms with Gasteiger partial charge in [-0.3, -0.25) is 4.90 Å². The van der Waals surface area contributed by atoms with Crippen LogP contribution in [0.1, 0.15) is 32.6 Å². The predicted octanol–water partition coefficient (Wildman–Crippen LogP) is 0.754. The van der Waals surface area contributed by atoms with Gasteiger partial charge >= 0.3 is 0 Å². The lowest BCUT2D eigenvalue weighted by molar-refractivity contribution is -0.166. The fraction of sp³-hybridized carbons (Fsp3) is 1.00. The summed E-state index contributed by atoms with van der Waals surface area (Å²) in [6, 6.07) is 0.381. The number of aliphatic hydroxyl groups is 1. The minimum absolute atomic E-state index is 0.0565. The molecule has 1 aliphatic carbocycles. The van der Waals surface area contributed by atoms with Gasteiger partial charge in [-0.05, 0) is 19.8 Å². The lowest BCUT2D eigenvalue weighted by Gasteiger charge is -2.38. The molecule has 2 aliphatic heterocycles. The monoisotopic (exact) mass is 271 g/mol. The van der Waals surface area contributed by atoms with Crippen LogP contribution in [0, 0.1) is 0 Å². The average Bonchev–Trinajstić information content (AvgIpc) is 3.03. The summed E-state index contributed by atoms with van der Waals surface area (Å²) >= 11 is 0. The first-order valence-corrected chi connectivity index (χ1v) is 7.49. The van der Waals surface area contributed by atoms with E-state index in [4.69, 9.17) is 14.2 Å². The highest BCUT2D eigenvalue weighted by molar-refractivity contribution is 4.87. The van der Waals surface area contributed by atoms with Crippen molar-refractivity contribution >= 4 is 0 Å². The molecule has 110 valence electrons. The van der Waals surface area contributed by atoms with Crippen LogP contribution in [-0.4, -0.2) is 67.0 Å². The molecule has 3 fully saturated rings. The SMILES string of the molecule is CC1COC(CO)CN1CC1COC2(CCCC2)O1. The van der Waals surface area contributed by atoms with Crippen molar-refractivity contribution in [2.75, 3.05) is 32.9 Å². The van der Waals surface area contributed by atoms with Gasteiger partial charge in [0.05, 0.1) is 32.0 Å². The molecule has 19 heavy (non-hydrogen) atoms. The molecule has 1 N–H and O–H groups in total.